The van der Waals surface area contributed by atoms with E-state index in [4.69, 9.17) is 0 Å². The minimum Gasteiger partial charge on any atom is -0.272 e. The quantitative estimate of drug-likeness (QED) is 0.773. The molecule has 0 saturated carbocycles. The average Bonchev–Trinajstić information content (AvgIpc) is 2.94. The zero-order valence-electron chi connectivity index (χ0n) is 14.6. The van der Waals surface area contributed by atoms with E-state index in [0.717, 1.165) is 11.0 Å². The van der Waals surface area contributed by atoms with E-state index in [9.17, 15) is 18.0 Å². The first kappa shape index (κ1) is 17.5. The maximum absolute atomic E-state index is 13.0. The molecule has 2 aromatic carbocycles. The molecule has 1 spiro atoms. The number of benzene rings is 2. The fourth-order valence-electron chi connectivity index (χ4n) is 3.90. The van der Waals surface area contributed by atoms with Gasteiger partial charge in [-0.05, 0) is 23.6 Å². The molecule has 1 saturated heterocycles. The van der Waals surface area contributed by atoms with Crippen molar-refractivity contribution < 1.29 is 18.0 Å². The van der Waals surface area contributed by atoms with Crippen LogP contribution in [0.3, 0.4) is 0 Å². The van der Waals surface area contributed by atoms with E-state index in [0.29, 0.717) is 11.1 Å². The predicted molar refractivity (Wildman–Crippen MR) is 101 cm³/mol. The number of nitrogens with one attached hydrogen (secondary N) is 2. The fraction of sp³-hybridized carbons (Fsp3) is 0.200. The lowest BCUT2D eigenvalue weighted by atomic mass is 9.65. The van der Waals surface area contributed by atoms with E-state index in [-0.39, 0.29) is 11.3 Å². The zero-order chi connectivity index (χ0) is 19.2. The summed E-state index contributed by atoms with van der Waals surface area (Å²) in [6, 6.07) is 16.0. The normalized spacial score (nSPS) is 22.9. The predicted octanol–water partition coefficient (Wildman–Crippen LogP) is 1.70. The van der Waals surface area contributed by atoms with Crippen molar-refractivity contribution in [1.29, 1.82) is 0 Å². The van der Waals surface area contributed by atoms with Crippen molar-refractivity contribution in [2.75, 3.05) is 5.75 Å². The molecule has 2 N–H and O–H groups in total. The van der Waals surface area contributed by atoms with E-state index in [1.54, 1.807) is 42.5 Å². The van der Waals surface area contributed by atoms with Gasteiger partial charge in [-0.2, -0.15) is 0 Å². The molecule has 2 heterocycles. The summed E-state index contributed by atoms with van der Waals surface area (Å²) in [5.41, 5.74) is 5.53. The molecule has 0 aromatic heterocycles. The standard InChI is InChI=1S/C20H18N2O4S/c1-13-7-9-15(10-8-13)17-12-27(25,26)11-16(14-5-3-2-4-6-14)20(17)18(23)21-22-19(20)24/h2-11,17H,12H2,1H3,(H,21,23)(H,22,24). The summed E-state index contributed by atoms with van der Waals surface area (Å²) in [4.78, 5) is 26.0. The Labute approximate surface area is 157 Å². The molecule has 0 radical (unpaired) electrons. The molecule has 2 aromatic rings. The highest BCUT2D eigenvalue weighted by Crippen LogP contribution is 2.52. The van der Waals surface area contributed by atoms with Crippen molar-refractivity contribution in [3.63, 3.8) is 0 Å². The Balaban J connectivity index is 2.02. The summed E-state index contributed by atoms with van der Waals surface area (Å²) in [5, 5.41) is 1.08. The van der Waals surface area contributed by atoms with Crippen LogP contribution in [0.4, 0.5) is 0 Å². The monoisotopic (exact) mass is 382 g/mol. The van der Waals surface area contributed by atoms with Crippen LogP contribution in [0.25, 0.3) is 5.57 Å². The van der Waals surface area contributed by atoms with Crippen LogP contribution in [0, 0.1) is 12.3 Å². The van der Waals surface area contributed by atoms with Crippen molar-refractivity contribution in [3.05, 3.63) is 76.7 Å². The molecule has 6 nitrogen and oxygen atoms in total. The minimum absolute atomic E-state index is 0.201. The Morgan fingerprint density at radius 3 is 2.11 bits per heavy atom. The van der Waals surface area contributed by atoms with Crippen molar-refractivity contribution in [2.24, 2.45) is 5.41 Å². The molecular formula is C20H18N2O4S. The minimum atomic E-state index is -3.62. The Morgan fingerprint density at radius 2 is 1.52 bits per heavy atom. The molecule has 1 fully saturated rings. The highest BCUT2D eigenvalue weighted by atomic mass is 32.2. The third-order valence-corrected chi connectivity index (χ3v) is 6.61. The summed E-state index contributed by atoms with van der Waals surface area (Å²) in [6.45, 7) is 1.92. The van der Waals surface area contributed by atoms with E-state index in [1.165, 1.54) is 0 Å². The molecule has 0 bridgehead atoms. The lowest BCUT2D eigenvalue weighted by Gasteiger charge is -2.38. The third-order valence-electron chi connectivity index (χ3n) is 5.21. The molecule has 1 unspecified atom stereocenters. The van der Waals surface area contributed by atoms with Gasteiger partial charge in [-0.25, -0.2) is 8.42 Å². The second kappa shape index (κ2) is 6.06. The maximum atomic E-state index is 13.0. The largest absolute Gasteiger partial charge is 0.272 e. The van der Waals surface area contributed by atoms with E-state index in [2.05, 4.69) is 10.9 Å². The first-order valence-corrected chi connectivity index (χ1v) is 10.2. The smallest absolute Gasteiger partial charge is 0.259 e. The Bertz CT molecular complexity index is 1040. The summed E-state index contributed by atoms with van der Waals surface area (Å²) in [6.07, 6.45) is 0. The molecule has 0 aliphatic carbocycles. The summed E-state index contributed by atoms with van der Waals surface area (Å²) in [5.74, 6) is -2.22. The first-order chi connectivity index (χ1) is 12.8. The van der Waals surface area contributed by atoms with Crippen LogP contribution in [0.1, 0.15) is 22.6 Å². The van der Waals surface area contributed by atoms with Gasteiger partial charge in [0.25, 0.3) is 11.8 Å². The van der Waals surface area contributed by atoms with Crippen molar-refractivity contribution in [2.45, 2.75) is 12.8 Å². The van der Waals surface area contributed by atoms with Crippen molar-refractivity contribution in [1.82, 2.24) is 10.9 Å². The number of hydrogen-bond acceptors (Lipinski definition) is 4. The van der Waals surface area contributed by atoms with E-state index in [1.807, 2.05) is 19.1 Å². The van der Waals surface area contributed by atoms with Crippen LogP contribution in [0.15, 0.2) is 60.0 Å². The lowest BCUT2D eigenvalue weighted by molar-refractivity contribution is -0.133. The lowest BCUT2D eigenvalue weighted by Crippen LogP contribution is -2.47. The van der Waals surface area contributed by atoms with Gasteiger partial charge < -0.3 is 0 Å². The molecular weight excluding hydrogens is 364 g/mol. The number of sulfone groups is 1. The van der Waals surface area contributed by atoms with Gasteiger partial charge in [0, 0.05) is 11.3 Å². The molecule has 4 rings (SSSR count). The van der Waals surface area contributed by atoms with Crippen LogP contribution in [-0.4, -0.2) is 26.0 Å². The number of hydrazine groups is 1. The number of amides is 2. The van der Waals surface area contributed by atoms with E-state index < -0.39 is 33.0 Å². The second-order valence-electron chi connectivity index (χ2n) is 6.91. The van der Waals surface area contributed by atoms with Crippen LogP contribution >= 0.6 is 0 Å². The Kier molecular flexibility index (Phi) is 3.92. The molecule has 138 valence electrons. The number of aryl methyl sites for hydroxylation is 1. The van der Waals surface area contributed by atoms with Gasteiger partial charge in [-0.15, -0.1) is 0 Å². The molecule has 7 heteroatoms. The van der Waals surface area contributed by atoms with E-state index >= 15 is 0 Å². The highest BCUT2D eigenvalue weighted by Gasteiger charge is 2.62. The van der Waals surface area contributed by atoms with Gasteiger partial charge in [0.2, 0.25) is 0 Å². The Morgan fingerprint density at radius 1 is 0.926 bits per heavy atom. The van der Waals surface area contributed by atoms with Crippen LogP contribution < -0.4 is 10.9 Å². The highest BCUT2D eigenvalue weighted by molar-refractivity contribution is 7.94. The first-order valence-electron chi connectivity index (χ1n) is 8.52. The zero-order valence-corrected chi connectivity index (χ0v) is 15.4. The molecule has 1 atom stereocenters. The van der Waals surface area contributed by atoms with Crippen LogP contribution in [0.5, 0.6) is 0 Å². The van der Waals surface area contributed by atoms with Gasteiger partial charge >= 0.3 is 0 Å². The maximum Gasteiger partial charge on any atom is 0.259 e. The summed E-state index contributed by atoms with van der Waals surface area (Å²) >= 11 is 0. The number of carbonyl (C=O) groups is 2. The van der Waals surface area contributed by atoms with Gasteiger partial charge in [0.1, 0.15) is 0 Å². The average molecular weight is 382 g/mol. The number of hydrogen-bond donors (Lipinski definition) is 2. The summed E-state index contributed by atoms with van der Waals surface area (Å²) in [7, 11) is -3.62. The Hall–Kier alpha value is -2.93. The fourth-order valence-corrected chi connectivity index (χ4v) is 5.58. The topological polar surface area (TPSA) is 92.3 Å². The van der Waals surface area contributed by atoms with Gasteiger partial charge in [0.05, 0.1) is 5.75 Å². The van der Waals surface area contributed by atoms with Crippen molar-refractivity contribution in [3.8, 4) is 0 Å². The van der Waals surface area contributed by atoms with Gasteiger partial charge in [0.15, 0.2) is 15.3 Å². The summed E-state index contributed by atoms with van der Waals surface area (Å²) < 4.78 is 25.4. The number of rotatable bonds is 2. The van der Waals surface area contributed by atoms with Crippen molar-refractivity contribution >= 4 is 27.2 Å². The van der Waals surface area contributed by atoms with Crippen LogP contribution in [0.2, 0.25) is 0 Å². The molecule has 2 amide bonds. The van der Waals surface area contributed by atoms with Gasteiger partial charge in [-0.3, -0.25) is 20.4 Å². The number of carbonyl (C=O) groups excluding carboxylic acids is 2. The third kappa shape index (κ3) is 2.66. The molecule has 2 aliphatic heterocycles. The second-order valence-corrected chi connectivity index (χ2v) is 8.80. The SMILES string of the molecule is Cc1ccc(C2CS(=O)(=O)C=C(c3ccccc3)C23C(=O)NNC3=O)cc1. The molecule has 2 aliphatic rings. The van der Waals surface area contributed by atoms with Gasteiger partial charge in [-0.1, -0.05) is 60.2 Å². The van der Waals surface area contributed by atoms with Crippen LogP contribution in [-0.2, 0) is 19.4 Å². The molecule has 27 heavy (non-hydrogen) atoms.